The van der Waals surface area contributed by atoms with Gasteiger partial charge in [-0.1, -0.05) is 94.2 Å². The highest BCUT2D eigenvalue weighted by molar-refractivity contribution is 5.69. The molecule has 0 saturated heterocycles. The fourth-order valence-corrected chi connectivity index (χ4v) is 4.11. The number of allylic oxidation sites excluding steroid dienone is 6. The molecule has 0 aromatic rings. The Kier molecular flexibility index (Phi) is 18.4. The van der Waals surface area contributed by atoms with Gasteiger partial charge in [0.25, 0.3) is 0 Å². The Bertz CT molecular complexity index is 515. The van der Waals surface area contributed by atoms with Crippen LogP contribution in [0.3, 0.4) is 0 Å². The van der Waals surface area contributed by atoms with Crippen LogP contribution in [0, 0.1) is 5.92 Å². The molecule has 1 saturated carbocycles. The summed E-state index contributed by atoms with van der Waals surface area (Å²) in [6.45, 7) is 2.28. The van der Waals surface area contributed by atoms with Gasteiger partial charge in [0, 0.05) is 6.42 Å². The zero-order chi connectivity index (χ0) is 22.4. The van der Waals surface area contributed by atoms with Crippen molar-refractivity contribution in [2.24, 2.45) is 5.92 Å². The average molecular weight is 431 g/mol. The van der Waals surface area contributed by atoms with Gasteiger partial charge >= 0.3 is 5.97 Å². The Morgan fingerprint density at radius 2 is 1.35 bits per heavy atom. The molecule has 1 aliphatic carbocycles. The first kappa shape index (κ1) is 27.7. The minimum absolute atomic E-state index is 0.103. The van der Waals surface area contributed by atoms with Crippen molar-refractivity contribution in [2.75, 3.05) is 7.11 Å². The fraction of sp³-hybridized carbons (Fsp3) is 0.759. The normalized spacial score (nSPS) is 17.2. The van der Waals surface area contributed by atoms with Crippen molar-refractivity contribution >= 4 is 5.97 Å². The molecular weight excluding hydrogens is 380 g/mol. The molecule has 2 nitrogen and oxygen atoms in total. The molecule has 0 aromatic heterocycles. The lowest BCUT2D eigenvalue weighted by atomic mass is 10.1. The Morgan fingerprint density at radius 3 is 2.03 bits per heavy atom. The Hall–Kier alpha value is -1.31. The van der Waals surface area contributed by atoms with E-state index in [-0.39, 0.29) is 5.97 Å². The minimum Gasteiger partial charge on any atom is -0.469 e. The number of carbonyl (C=O) groups is 1. The first-order chi connectivity index (χ1) is 15.3. The maximum atomic E-state index is 11.0. The summed E-state index contributed by atoms with van der Waals surface area (Å²) in [6.07, 6.45) is 35.8. The predicted octanol–water partition coefficient (Wildman–Crippen LogP) is 9.26. The molecule has 0 amide bonds. The number of carbonyl (C=O) groups excluding carboxylic acids is 1. The van der Waals surface area contributed by atoms with E-state index >= 15 is 0 Å². The molecule has 0 aromatic carbocycles. The first-order valence-corrected chi connectivity index (χ1v) is 13.3. The second kappa shape index (κ2) is 20.6. The molecule has 0 aliphatic heterocycles. The fourth-order valence-electron chi connectivity index (χ4n) is 4.11. The van der Waals surface area contributed by atoms with Gasteiger partial charge in [0.05, 0.1) is 7.11 Å². The number of hydrogen-bond acceptors (Lipinski definition) is 2. The molecule has 0 bridgehead atoms. The predicted molar refractivity (Wildman–Crippen MR) is 135 cm³/mol. The number of unbranched alkanes of at least 4 members (excludes halogenated alkanes) is 12. The Balaban J connectivity index is 1.82. The van der Waals surface area contributed by atoms with E-state index in [1.54, 1.807) is 5.57 Å². The van der Waals surface area contributed by atoms with Crippen LogP contribution >= 0.6 is 0 Å². The molecule has 31 heavy (non-hydrogen) atoms. The summed E-state index contributed by atoms with van der Waals surface area (Å²) in [5.74, 6) is 0.806. The van der Waals surface area contributed by atoms with Gasteiger partial charge in [-0.3, -0.25) is 4.79 Å². The molecule has 0 heterocycles. The van der Waals surface area contributed by atoms with Gasteiger partial charge in [0.2, 0.25) is 0 Å². The van der Waals surface area contributed by atoms with E-state index in [0.29, 0.717) is 6.42 Å². The van der Waals surface area contributed by atoms with Crippen molar-refractivity contribution in [1.29, 1.82) is 0 Å². The standard InChI is InChI=1S/C29H50O2/c1-3-4-5-6-7-8-9-10-11-12-13-14-17-20-23-27-26-28(27)24-21-18-15-16-19-22-25-29(30)31-2/h8-9,15-16,24,27H,3-7,10-14,17-23,25-26H2,1-2H3/b9-8-,16-15-,28-24?/t27-/m1/s1. The molecule has 0 spiro atoms. The van der Waals surface area contributed by atoms with E-state index in [1.807, 2.05) is 0 Å². The van der Waals surface area contributed by atoms with E-state index in [4.69, 9.17) is 0 Å². The van der Waals surface area contributed by atoms with Crippen molar-refractivity contribution < 1.29 is 9.53 Å². The molecule has 1 aliphatic rings. The highest BCUT2D eigenvalue weighted by Crippen LogP contribution is 2.42. The summed E-state index contributed by atoms with van der Waals surface area (Å²) in [5.41, 5.74) is 1.71. The highest BCUT2D eigenvalue weighted by atomic mass is 16.5. The number of rotatable bonds is 21. The largest absolute Gasteiger partial charge is 0.469 e. The van der Waals surface area contributed by atoms with E-state index in [1.165, 1.54) is 103 Å². The summed E-state index contributed by atoms with van der Waals surface area (Å²) in [6, 6.07) is 0. The Morgan fingerprint density at radius 1 is 0.774 bits per heavy atom. The molecule has 1 rings (SSSR count). The molecule has 0 radical (unpaired) electrons. The maximum absolute atomic E-state index is 11.0. The van der Waals surface area contributed by atoms with Crippen LogP contribution in [-0.4, -0.2) is 13.1 Å². The average Bonchev–Trinajstić information content (AvgIpc) is 3.53. The number of hydrogen-bond donors (Lipinski definition) is 0. The third kappa shape index (κ3) is 18.0. The molecule has 0 unspecified atom stereocenters. The van der Waals surface area contributed by atoms with Crippen LogP contribution in [0.2, 0.25) is 0 Å². The first-order valence-electron chi connectivity index (χ1n) is 13.3. The summed E-state index contributed by atoms with van der Waals surface area (Å²) in [7, 11) is 1.45. The molecular formula is C29H50O2. The highest BCUT2D eigenvalue weighted by Gasteiger charge is 2.27. The van der Waals surface area contributed by atoms with Gasteiger partial charge in [0.15, 0.2) is 0 Å². The molecule has 0 N–H and O–H groups in total. The van der Waals surface area contributed by atoms with Crippen molar-refractivity contribution in [3.8, 4) is 0 Å². The zero-order valence-corrected chi connectivity index (χ0v) is 20.7. The lowest BCUT2D eigenvalue weighted by Gasteiger charge is -2.00. The van der Waals surface area contributed by atoms with Crippen LogP contribution in [0.1, 0.15) is 129 Å². The Labute approximate surface area is 193 Å². The van der Waals surface area contributed by atoms with Gasteiger partial charge < -0.3 is 4.74 Å². The van der Waals surface area contributed by atoms with Gasteiger partial charge in [-0.05, 0) is 70.1 Å². The minimum atomic E-state index is -0.103. The molecule has 2 heteroatoms. The van der Waals surface area contributed by atoms with Crippen molar-refractivity contribution in [1.82, 2.24) is 0 Å². The summed E-state index contributed by atoms with van der Waals surface area (Å²) >= 11 is 0. The van der Waals surface area contributed by atoms with Crippen LogP contribution in [-0.2, 0) is 9.53 Å². The van der Waals surface area contributed by atoms with Crippen LogP contribution in [0.4, 0.5) is 0 Å². The van der Waals surface area contributed by atoms with Crippen LogP contribution in [0.25, 0.3) is 0 Å². The topological polar surface area (TPSA) is 26.3 Å². The second-order valence-corrected chi connectivity index (χ2v) is 9.22. The second-order valence-electron chi connectivity index (χ2n) is 9.22. The van der Waals surface area contributed by atoms with Crippen molar-refractivity contribution in [3.63, 3.8) is 0 Å². The van der Waals surface area contributed by atoms with Gasteiger partial charge in [-0.2, -0.15) is 0 Å². The summed E-state index contributed by atoms with van der Waals surface area (Å²) in [4.78, 5) is 11.0. The van der Waals surface area contributed by atoms with Crippen LogP contribution < -0.4 is 0 Å². The molecule has 178 valence electrons. The molecule has 1 atom stereocenters. The van der Waals surface area contributed by atoms with Crippen LogP contribution in [0.15, 0.2) is 36.0 Å². The lowest BCUT2D eigenvalue weighted by molar-refractivity contribution is -0.140. The quantitative estimate of drug-likeness (QED) is 0.103. The van der Waals surface area contributed by atoms with Crippen molar-refractivity contribution in [2.45, 2.75) is 129 Å². The van der Waals surface area contributed by atoms with E-state index < -0.39 is 0 Å². The van der Waals surface area contributed by atoms with E-state index in [2.05, 4.69) is 42.0 Å². The van der Waals surface area contributed by atoms with Gasteiger partial charge in [-0.25, -0.2) is 0 Å². The monoisotopic (exact) mass is 430 g/mol. The van der Waals surface area contributed by atoms with Crippen molar-refractivity contribution in [3.05, 3.63) is 36.0 Å². The summed E-state index contributed by atoms with van der Waals surface area (Å²) in [5, 5.41) is 0. The SMILES string of the molecule is CCCCCC/C=C\CCCCCCCC[C@@H]1CC1=CCC/C=C\CCCC(=O)OC. The smallest absolute Gasteiger partial charge is 0.305 e. The third-order valence-electron chi connectivity index (χ3n) is 6.30. The van der Waals surface area contributed by atoms with Crippen LogP contribution in [0.5, 0.6) is 0 Å². The zero-order valence-electron chi connectivity index (χ0n) is 20.7. The lowest BCUT2D eigenvalue weighted by Crippen LogP contribution is -1.98. The molecule has 1 fully saturated rings. The number of esters is 1. The number of methoxy groups -OCH3 is 1. The van der Waals surface area contributed by atoms with E-state index in [0.717, 1.165) is 25.2 Å². The van der Waals surface area contributed by atoms with Gasteiger partial charge in [0.1, 0.15) is 0 Å². The summed E-state index contributed by atoms with van der Waals surface area (Å²) < 4.78 is 4.65. The number of ether oxygens (including phenoxy) is 1. The maximum Gasteiger partial charge on any atom is 0.305 e. The van der Waals surface area contributed by atoms with E-state index in [9.17, 15) is 4.79 Å². The third-order valence-corrected chi connectivity index (χ3v) is 6.30. The van der Waals surface area contributed by atoms with Gasteiger partial charge in [-0.15, -0.1) is 0 Å².